The molecule has 0 spiro atoms. The highest BCUT2D eigenvalue weighted by molar-refractivity contribution is 6.00. The number of carbonyl (C=O) groups is 2. The lowest BCUT2D eigenvalue weighted by molar-refractivity contribution is -0.775. The summed E-state index contributed by atoms with van der Waals surface area (Å²) in [5.41, 5.74) is 4.10. The van der Waals surface area contributed by atoms with Gasteiger partial charge < -0.3 is 0 Å². The van der Waals surface area contributed by atoms with E-state index in [0.717, 1.165) is 24.1 Å². The fourth-order valence-electron chi connectivity index (χ4n) is 5.22. The minimum absolute atomic E-state index is 0.201. The lowest BCUT2D eigenvalue weighted by Gasteiger charge is -2.32. The van der Waals surface area contributed by atoms with E-state index in [1.54, 1.807) is 28.9 Å². The van der Waals surface area contributed by atoms with Gasteiger partial charge in [0.25, 0.3) is 0 Å². The Morgan fingerprint density at radius 3 is 2.51 bits per heavy atom. The topological polar surface area (TPSA) is 64.0 Å². The van der Waals surface area contributed by atoms with Crippen molar-refractivity contribution in [2.24, 2.45) is 0 Å². The normalized spacial score (nSPS) is 19.1. The van der Waals surface area contributed by atoms with Gasteiger partial charge in [-0.1, -0.05) is 60.7 Å². The van der Waals surface area contributed by atoms with Crippen LogP contribution in [0.4, 0.5) is 14.9 Å². The fraction of sp³-hybridized carbons (Fsp3) is 0.233. The van der Waals surface area contributed by atoms with E-state index in [1.807, 2.05) is 62.4 Å². The highest BCUT2D eigenvalue weighted by atomic mass is 19.1. The number of halogens is 1. The summed E-state index contributed by atoms with van der Waals surface area (Å²) in [6.45, 7) is 4.80. The van der Waals surface area contributed by atoms with Crippen molar-refractivity contribution in [1.82, 2.24) is 9.78 Å². The first-order valence-corrected chi connectivity index (χ1v) is 12.6. The molecule has 1 N–H and O–H groups in total. The molecule has 37 heavy (non-hydrogen) atoms. The zero-order valence-electron chi connectivity index (χ0n) is 21.0. The summed E-state index contributed by atoms with van der Waals surface area (Å²) >= 11 is 0. The average molecular weight is 498 g/mol. The summed E-state index contributed by atoms with van der Waals surface area (Å²) < 4.78 is 15.4. The van der Waals surface area contributed by atoms with E-state index in [9.17, 15) is 14.0 Å². The molecular formula is C30H30FN4O2+. The van der Waals surface area contributed by atoms with Gasteiger partial charge in [-0.15, -0.1) is 0 Å². The van der Waals surface area contributed by atoms with Gasteiger partial charge in [0, 0.05) is 24.1 Å². The quantitative estimate of drug-likeness (QED) is 0.324. The van der Waals surface area contributed by atoms with Crippen molar-refractivity contribution in [2.45, 2.75) is 39.3 Å². The predicted molar refractivity (Wildman–Crippen MR) is 142 cm³/mol. The molecule has 6 nitrogen and oxygen atoms in total. The molecule has 3 amide bonds. The van der Waals surface area contributed by atoms with Crippen molar-refractivity contribution in [3.63, 3.8) is 0 Å². The molecule has 3 aromatic carbocycles. The predicted octanol–water partition coefficient (Wildman–Crippen LogP) is 6.42. The van der Waals surface area contributed by atoms with E-state index in [-0.39, 0.29) is 27.9 Å². The van der Waals surface area contributed by atoms with Gasteiger partial charge in [0.1, 0.15) is 11.9 Å². The number of imide groups is 1. The summed E-state index contributed by atoms with van der Waals surface area (Å²) in [6, 6.07) is 24.6. The summed E-state index contributed by atoms with van der Waals surface area (Å²) in [4.78, 5) is 27.9. The summed E-state index contributed by atoms with van der Waals surface area (Å²) in [6.07, 6.45) is 1.52. The van der Waals surface area contributed by atoms with Crippen molar-refractivity contribution in [3.05, 3.63) is 108 Å². The molecule has 188 valence electrons. The second-order valence-corrected chi connectivity index (χ2v) is 9.69. The first-order chi connectivity index (χ1) is 17.9. The van der Waals surface area contributed by atoms with Crippen LogP contribution in [0.25, 0.3) is 11.1 Å². The molecule has 1 aliphatic rings. The molecule has 2 heterocycles. The number of para-hydroxylation sites is 1. The number of aryl methyl sites for hydroxylation is 1. The number of hydrogen-bond donors (Lipinski definition) is 1. The Morgan fingerprint density at radius 2 is 1.78 bits per heavy atom. The van der Waals surface area contributed by atoms with Crippen LogP contribution in [0.3, 0.4) is 0 Å². The lowest BCUT2D eigenvalue weighted by Crippen LogP contribution is -2.60. The molecule has 0 saturated carbocycles. The van der Waals surface area contributed by atoms with Crippen LogP contribution < -0.4 is 5.32 Å². The Balaban J connectivity index is 1.46. The second kappa shape index (κ2) is 10.1. The van der Waals surface area contributed by atoms with Crippen LogP contribution in [0.2, 0.25) is 0 Å². The van der Waals surface area contributed by atoms with Crippen molar-refractivity contribution in [2.75, 3.05) is 11.9 Å². The number of anilines is 1. The highest BCUT2D eigenvalue weighted by Gasteiger charge is 2.54. The van der Waals surface area contributed by atoms with Gasteiger partial charge in [-0.25, -0.2) is 14.0 Å². The standard InChI is InChI=1S/C30H29FN4O2/c1-21-18-28(33-34(21)20-23-11-4-3-5-12-23)29(36)35(17-9-10-22(35)2)30(37)32-27-16-7-6-15-26(27)24-13-8-14-25(31)19-24/h3-8,11-16,18-19,22H,9-10,17,20H2,1-2H3/p+1/t22-,35?/m1/s1. The Hall–Kier alpha value is -4.10. The molecule has 1 saturated heterocycles. The fourth-order valence-corrected chi connectivity index (χ4v) is 5.22. The third-order valence-electron chi connectivity index (χ3n) is 7.29. The van der Waals surface area contributed by atoms with Crippen molar-refractivity contribution < 1.29 is 18.5 Å². The molecule has 4 aromatic rings. The number of likely N-dealkylation sites (tertiary alicyclic amines) is 1. The zero-order valence-corrected chi connectivity index (χ0v) is 21.0. The summed E-state index contributed by atoms with van der Waals surface area (Å²) in [5, 5.41) is 7.63. The molecule has 1 aromatic heterocycles. The first-order valence-electron chi connectivity index (χ1n) is 12.6. The number of benzene rings is 3. The molecule has 2 atom stereocenters. The van der Waals surface area contributed by atoms with E-state index >= 15 is 0 Å². The maximum absolute atomic E-state index is 14.0. The third kappa shape index (κ3) is 4.70. The smallest absolute Gasteiger partial charge is 0.274 e. The number of aromatic nitrogens is 2. The van der Waals surface area contributed by atoms with E-state index in [0.29, 0.717) is 29.9 Å². The van der Waals surface area contributed by atoms with Crippen LogP contribution in [0.15, 0.2) is 84.9 Å². The lowest BCUT2D eigenvalue weighted by atomic mass is 10.0. The van der Waals surface area contributed by atoms with Crippen LogP contribution in [0.1, 0.15) is 41.5 Å². The second-order valence-electron chi connectivity index (χ2n) is 9.69. The molecule has 0 aliphatic carbocycles. The van der Waals surface area contributed by atoms with E-state index < -0.39 is 6.03 Å². The number of quaternary nitrogens is 1. The first kappa shape index (κ1) is 24.6. The van der Waals surface area contributed by atoms with E-state index in [1.165, 1.54) is 12.1 Å². The van der Waals surface area contributed by atoms with E-state index in [2.05, 4.69) is 10.4 Å². The maximum atomic E-state index is 14.0. The molecular weight excluding hydrogens is 467 g/mol. The van der Waals surface area contributed by atoms with Gasteiger partial charge in [-0.05, 0) is 49.2 Å². The Kier molecular flexibility index (Phi) is 6.72. The van der Waals surface area contributed by atoms with Gasteiger partial charge in [-0.2, -0.15) is 9.58 Å². The molecule has 0 bridgehead atoms. The molecule has 1 unspecified atom stereocenters. The third-order valence-corrected chi connectivity index (χ3v) is 7.29. The highest BCUT2D eigenvalue weighted by Crippen LogP contribution is 2.34. The number of carbonyl (C=O) groups excluding carboxylic acids is 2. The van der Waals surface area contributed by atoms with Crippen molar-refractivity contribution >= 4 is 17.6 Å². The van der Waals surface area contributed by atoms with Gasteiger partial charge in [-0.3, -0.25) is 10.00 Å². The van der Waals surface area contributed by atoms with Crippen LogP contribution in [-0.2, 0) is 6.54 Å². The zero-order chi connectivity index (χ0) is 26.0. The van der Waals surface area contributed by atoms with Crippen molar-refractivity contribution in [1.29, 1.82) is 0 Å². The van der Waals surface area contributed by atoms with Crippen LogP contribution in [0, 0.1) is 12.7 Å². The minimum Gasteiger partial charge on any atom is -0.274 e. The number of rotatable bonds is 5. The summed E-state index contributed by atoms with van der Waals surface area (Å²) in [5.74, 6) is -0.660. The van der Waals surface area contributed by atoms with Crippen LogP contribution in [0.5, 0.6) is 0 Å². The molecule has 7 heteroatoms. The molecule has 1 aliphatic heterocycles. The Bertz CT molecular complexity index is 1450. The van der Waals surface area contributed by atoms with E-state index in [4.69, 9.17) is 0 Å². The SMILES string of the molecule is Cc1cc(C(=O)[N+]2(C(=O)Nc3ccccc3-c3cccc(F)c3)CCC[C@H]2C)nn1Cc1ccccc1. The summed E-state index contributed by atoms with van der Waals surface area (Å²) in [7, 11) is 0. The average Bonchev–Trinajstić information content (AvgIpc) is 3.47. The molecule has 5 rings (SSSR count). The van der Waals surface area contributed by atoms with Crippen molar-refractivity contribution in [3.8, 4) is 11.1 Å². The van der Waals surface area contributed by atoms with Gasteiger partial charge in [0.05, 0.1) is 18.8 Å². The number of nitrogens with one attached hydrogen (secondary N) is 1. The van der Waals surface area contributed by atoms with Gasteiger partial charge in [0.2, 0.25) is 0 Å². The molecule has 0 radical (unpaired) electrons. The van der Waals surface area contributed by atoms with Crippen LogP contribution in [-0.4, -0.2) is 38.8 Å². The minimum atomic E-state index is -0.394. The Labute approximate surface area is 215 Å². The number of urea groups is 1. The van der Waals surface area contributed by atoms with Gasteiger partial charge in [0.15, 0.2) is 5.69 Å². The number of amides is 3. The van der Waals surface area contributed by atoms with Gasteiger partial charge >= 0.3 is 11.9 Å². The maximum Gasteiger partial charge on any atom is 0.429 e. The molecule has 1 fully saturated rings. The van der Waals surface area contributed by atoms with Crippen LogP contribution >= 0.6 is 0 Å². The Morgan fingerprint density at radius 1 is 1.03 bits per heavy atom. The number of hydrogen-bond acceptors (Lipinski definition) is 3. The largest absolute Gasteiger partial charge is 0.429 e. The monoisotopic (exact) mass is 497 g/mol. The number of nitrogens with zero attached hydrogens (tertiary/aromatic N) is 3.